The van der Waals surface area contributed by atoms with Gasteiger partial charge in [-0.15, -0.1) is 19.0 Å². The molecule has 2 nitrogen and oxygen atoms in total. The number of benzene rings is 1. The summed E-state index contributed by atoms with van der Waals surface area (Å²) in [6, 6.07) is 5.56. The zero-order valence-corrected chi connectivity index (χ0v) is 9.76. The molecule has 1 aromatic rings. The largest absolute Gasteiger partial charge is 0.507 e. The van der Waals surface area contributed by atoms with E-state index in [1.807, 2.05) is 31.2 Å². The van der Waals surface area contributed by atoms with Crippen LogP contribution in [0.25, 0.3) is 0 Å². The van der Waals surface area contributed by atoms with E-state index in [0.717, 1.165) is 24.0 Å². The highest BCUT2D eigenvalue weighted by molar-refractivity contribution is 5.85. The molecule has 0 aliphatic carbocycles. The second-order valence-corrected chi connectivity index (χ2v) is 3.49. The highest BCUT2D eigenvalue weighted by Crippen LogP contribution is 2.28. The minimum absolute atomic E-state index is 0. The second kappa shape index (κ2) is 6.49. The zero-order chi connectivity index (χ0) is 10.6. The van der Waals surface area contributed by atoms with Crippen LogP contribution in [0.4, 0.5) is 0 Å². The lowest BCUT2D eigenvalue weighted by Crippen LogP contribution is -2.10. The fourth-order valence-electron chi connectivity index (χ4n) is 1.43. The minimum Gasteiger partial charge on any atom is -0.507 e. The molecule has 0 spiro atoms. The number of phenolic OH excluding ortho intramolecular Hbond substituents is 1. The molecule has 0 aliphatic rings. The van der Waals surface area contributed by atoms with Crippen molar-refractivity contribution in [3.63, 3.8) is 0 Å². The van der Waals surface area contributed by atoms with Crippen LogP contribution in [-0.2, 0) is 0 Å². The Hall–Kier alpha value is -0.990. The van der Waals surface area contributed by atoms with E-state index in [2.05, 4.69) is 6.58 Å². The van der Waals surface area contributed by atoms with Gasteiger partial charge in [-0.1, -0.05) is 24.3 Å². The Balaban J connectivity index is 0.00000196. The third-order valence-corrected chi connectivity index (χ3v) is 2.35. The summed E-state index contributed by atoms with van der Waals surface area (Å²) in [4.78, 5) is 0. The molecule has 0 aliphatic heterocycles. The second-order valence-electron chi connectivity index (χ2n) is 3.49. The quantitative estimate of drug-likeness (QED) is 0.777. The lowest BCUT2D eigenvalue weighted by Gasteiger charge is -2.13. The van der Waals surface area contributed by atoms with Crippen molar-refractivity contribution in [3.8, 4) is 5.75 Å². The van der Waals surface area contributed by atoms with Gasteiger partial charge in [0.05, 0.1) is 0 Å². The van der Waals surface area contributed by atoms with E-state index < -0.39 is 0 Å². The first-order valence-electron chi connectivity index (χ1n) is 4.81. The maximum absolute atomic E-state index is 9.76. The molecule has 15 heavy (non-hydrogen) atoms. The molecule has 84 valence electrons. The Morgan fingerprint density at radius 2 is 2.20 bits per heavy atom. The maximum atomic E-state index is 9.76. The normalized spacial score (nSPS) is 11.6. The standard InChI is InChI=1S/C12H17NO.ClH/c1-3-4-8-11(13)10-7-5-6-9(2)12(10)14;/h3,5-7,11,14H,1,4,8,13H2,2H3;1H/t11-;/m1./s1. The van der Waals surface area contributed by atoms with Gasteiger partial charge in [0.25, 0.3) is 0 Å². The zero-order valence-electron chi connectivity index (χ0n) is 8.94. The van der Waals surface area contributed by atoms with E-state index in [-0.39, 0.29) is 18.4 Å². The monoisotopic (exact) mass is 227 g/mol. The van der Waals surface area contributed by atoms with Crippen LogP contribution in [0.5, 0.6) is 5.75 Å². The van der Waals surface area contributed by atoms with Gasteiger partial charge in [0, 0.05) is 11.6 Å². The lowest BCUT2D eigenvalue weighted by atomic mass is 10.00. The molecule has 1 rings (SSSR count). The first kappa shape index (κ1) is 14.0. The number of hydrogen-bond donors (Lipinski definition) is 2. The van der Waals surface area contributed by atoms with E-state index in [4.69, 9.17) is 5.73 Å². The van der Waals surface area contributed by atoms with Crippen molar-refractivity contribution < 1.29 is 5.11 Å². The minimum atomic E-state index is -0.104. The first-order valence-corrected chi connectivity index (χ1v) is 4.81. The van der Waals surface area contributed by atoms with Crippen LogP contribution in [0, 0.1) is 6.92 Å². The highest BCUT2D eigenvalue weighted by atomic mass is 35.5. The van der Waals surface area contributed by atoms with Gasteiger partial charge >= 0.3 is 0 Å². The summed E-state index contributed by atoms with van der Waals surface area (Å²) in [5, 5.41) is 9.76. The van der Waals surface area contributed by atoms with Crippen molar-refractivity contribution in [1.82, 2.24) is 0 Å². The summed E-state index contributed by atoms with van der Waals surface area (Å²) in [7, 11) is 0. The molecule has 1 aromatic carbocycles. The van der Waals surface area contributed by atoms with Crippen LogP contribution in [0.3, 0.4) is 0 Å². The van der Waals surface area contributed by atoms with Crippen molar-refractivity contribution >= 4 is 12.4 Å². The molecule has 0 radical (unpaired) electrons. The summed E-state index contributed by atoms with van der Waals surface area (Å²) in [5.41, 5.74) is 7.64. The van der Waals surface area contributed by atoms with Gasteiger partial charge in [-0.05, 0) is 25.3 Å². The Labute approximate surface area is 97.2 Å². The van der Waals surface area contributed by atoms with Crippen LogP contribution in [-0.4, -0.2) is 5.11 Å². The van der Waals surface area contributed by atoms with Crippen LogP contribution >= 0.6 is 12.4 Å². The average Bonchev–Trinajstić information content (AvgIpc) is 2.18. The molecule has 0 fully saturated rings. The summed E-state index contributed by atoms with van der Waals surface area (Å²) < 4.78 is 0. The van der Waals surface area contributed by atoms with Crippen molar-refractivity contribution in [3.05, 3.63) is 42.0 Å². The van der Waals surface area contributed by atoms with Gasteiger partial charge in [0.1, 0.15) is 5.75 Å². The summed E-state index contributed by atoms with van der Waals surface area (Å²) in [5.74, 6) is 0.323. The topological polar surface area (TPSA) is 46.2 Å². The van der Waals surface area contributed by atoms with E-state index in [1.54, 1.807) is 0 Å². The first-order chi connectivity index (χ1) is 6.66. The van der Waals surface area contributed by atoms with Crippen molar-refractivity contribution in [2.75, 3.05) is 0 Å². The summed E-state index contributed by atoms with van der Waals surface area (Å²) >= 11 is 0. The van der Waals surface area contributed by atoms with Gasteiger partial charge in [-0.3, -0.25) is 0 Å². The Morgan fingerprint density at radius 1 is 1.53 bits per heavy atom. The number of halogens is 1. The third kappa shape index (κ3) is 3.57. The van der Waals surface area contributed by atoms with E-state index in [0.29, 0.717) is 5.75 Å². The van der Waals surface area contributed by atoms with Crippen molar-refractivity contribution in [1.29, 1.82) is 0 Å². The van der Waals surface area contributed by atoms with Crippen LogP contribution in [0.1, 0.15) is 30.0 Å². The molecule has 1 atom stereocenters. The molecule has 0 amide bonds. The average molecular weight is 228 g/mol. The number of allylic oxidation sites excluding steroid dienone is 1. The molecule has 0 aromatic heterocycles. The van der Waals surface area contributed by atoms with Crippen molar-refractivity contribution in [2.45, 2.75) is 25.8 Å². The molecule has 3 N–H and O–H groups in total. The number of hydrogen-bond acceptors (Lipinski definition) is 2. The van der Waals surface area contributed by atoms with Gasteiger partial charge < -0.3 is 10.8 Å². The van der Waals surface area contributed by atoms with Crippen LogP contribution in [0.2, 0.25) is 0 Å². The SMILES string of the molecule is C=CCC[C@@H](N)c1cccc(C)c1O.Cl. The van der Waals surface area contributed by atoms with E-state index in [1.165, 1.54) is 0 Å². The Morgan fingerprint density at radius 3 is 2.80 bits per heavy atom. The smallest absolute Gasteiger partial charge is 0.123 e. The Bertz CT molecular complexity index is 325. The van der Waals surface area contributed by atoms with E-state index >= 15 is 0 Å². The Kier molecular flexibility index (Phi) is 6.06. The number of para-hydroxylation sites is 1. The van der Waals surface area contributed by atoms with Gasteiger partial charge in [-0.2, -0.15) is 0 Å². The molecular weight excluding hydrogens is 210 g/mol. The molecule has 0 heterocycles. The number of phenols is 1. The number of nitrogens with two attached hydrogens (primary N) is 1. The van der Waals surface area contributed by atoms with Crippen molar-refractivity contribution in [2.24, 2.45) is 5.73 Å². The molecular formula is C12H18ClNO. The van der Waals surface area contributed by atoms with Crippen LogP contribution in [0.15, 0.2) is 30.9 Å². The molecule has 0 unspecified atom stereocenters. The summed E-state index contributed by atoms with van der Waals surface area (Å²) in [6.45, 7) is 5.52. The predicted molar refractivity (Wildman–Crippen MR) is 66.5 cm³/mol. The molecule has 0 saturated heterocycles. The van der Waals surface area contributed by atoms with Crippen LogP contribution < -0.4 is 5.73 Å². The molecule has 0 saturated carbocycles. The number of rotatable bonds is 4. The molecule has 3 heteroatoms. The number of aryl methyl sites for hydroxylation is 1. The van der Waals surface area contributed by atoms with Gasteiger partial charge in [-0.25, -0.2) is 0 Å². The fraction of sp³-hybridized carbons (Fsp3) is 0.333. The van der Waals surface area contributed by atoms with Gasteiger partial charge in [0.15, 0.2) is 0 Å². The summed E-state index contributed by atoms with van der Waals surface area (Å²) in [6.07, 6.45) is 3.53. The van der Waals surface area contributed by atoms with E-state index in [9.17, 15) is 5.11 Å². The van der Waals surface area contributed by atoms with Gasteiger partial charge in [0.2, 0.25) is 0 Å². The number of aromatic hydroxyl groups is 1. The third-order valence-electron chi connectivity index (χ3n) is 2.35. The highest BCUT2D eigenvalue weighted by Gasteiger charge is 2.10. The maximum Gasteiger partial charge on any atom is 0.123 e. The fourth-order valence-corrected chi connectivity index (χ4v) is 1.43. The lowest BCUT2D eigenvalue weighted by molar-refractivity contribution is 0.455. The predicted octanol–water partition coefficient (Wildman–Crippen LogP) is 3.09. The molecule has 0 bridgehead atoms.